The number of fused-ring (bicyclic) bond motifs is 10. The average molecular weight is 481 g/mol. The van der Waals surface area contributed by atoms with Gasteiger partial charge in [0, 0.05) is 14.6 Å². The Kier molecular flexibility index (Phi) is 4.00. The second-order valence-electron chi connectivity index (χ2n) is 9.29. The maximum absolute atomic E-state index is 2.47. The van der Waals surface area contributed by atoms with Gasteiger partial charge < -0.3 is 0 Å². The van der Waals surface area contributed by atoms with E-state index in [1.165, 1.54) is 64.7 Å². The summed E-state index contributed by atoms with van der Waals surface area (Å²) in [6.45, 7) is 0. The van der Waals surface area contributed by atoms with Gasteiger partial charge in [0.2, 0.25) is 0 Å². The van der Waals surface area contributed by atoms with Crippen LogP contribution in [0.1, 0.15) is 22.3 Å². The summed E-state index contributed by atoms with van der Waals surface area (Å²) >= 11 is 3.69. The molecule has 0 aliphatic heterocycles. The molecule has 0 unspecified atom stereocenters. The molecule has 0 radical (unpaired) electrons. The van der Waals surface area contributed by atoms with Crippen molar-refractivity contribution in [2.24, 2.45) is 0 Å². The summed E-state index contributed by atoms with van der Waals surface area (Å²) in [5.74, 6) is 0. The third-order valence-electron chi connectivity index (χ3n) is 7.65. The summed E-state index contributed by atoms with van der Waals surface area (Å²) in [6.07, 6.45) is 0. The fourth-order valence-electron chi connectivity index (χ4n) is 6.29. The highest BCUT2D eigenvalue weighted by Gasteiger charge is 2.51. The smallest absolute Gasteiger partial charge is 0.0725 e. The maximum atomic E-state index is 2.47. The highest BCUT2D eigenvalue weighted by Crippen LogP contribution is 2.63. The monoisotopic (exact) mass is 480 g/mol. The number of rotatable bonds is 2. The first-order chi connectivity index (χ1) is 17.4. The Balaban J connectivity index is 1.43. The minimum absolute atomic E-state index is 0.275. The summed E-state index contributed by atoms with van der Waals surface area (Å²) < 4.78 is 0. The molecule has 0 bridgehead atoms. The predicted octanol–water partition coefficient (Wildman–Crippen LogP) is 9.49. The Morgan fingerprint density at radius 2 is 1.00 bits per heavy atom. The third-order valence-corrected chi connectivity index (χ3v) is 9.85. The molecule has 0 fully saturated rings. The minimum Gasteiger partial charge on any atom is -0.143 e. The van der Waals surface area contributed by atoms with E-state index in [1.807, 2.05) is 11.3 Å². The third kappa shape index (κ3) is 2.51. The Morgan fingerprint density at radius 1 is 0.429 bits per heavy atom. The number of hydrogen-bond acceptors (Lipinski definition) is 2. The number of benzene rings is 4. The molecule has 0 N–H and O–H groups in total. The highest BCUT2D eigenvalue weighted by atomic mass is 32.1. The van der Waals surface area contributed by atoms with Gasteiger partial charge in [-0.1, -0.05) is 91.0 Å². The van der Waals surface area contributed by atoms with Crippen LogP contribution in [0.5, 0.6) is 0 Å². The van der Waals surface area contributed by atoms with Crippen LogP contribution in [-0.4, -0.2) is 0 Å². The van der Waals surface area contributed by atoms with E-state index in [-0.39, 0.29) is 5.41 Å². The van der Waals surface area contributed by atoms with Crippen molar-refractivity contribution in [3.8, 4) is 42.4 Å². The molecule has 0 saturated carbocycles. The van der Waals surface area contributed by atoms with Crippen LogP contribution < -0.4 is 0 Å². The lowest BCUT2D eigenvalue weighted by Crippen LogP contribution is -2.25. The zero-order chi connectivity index (χ0) is 23.0. The van der Waals surface area contributed by atoms with Crippen molar-refractivity contribution in [3.05, 3.63) is 143 Å². The molecule has 8 rings (SSSR count). The van der Waals surface area contributed by atoms with Crippen LogP contribution in [0.2, 0.25) is 0 Å². The summed E-state index contributed by atoms with van der Waals surface area (Å²) in [5.41, 5.74) is 12.0. The largest absolute Gasteiger partial charge is 0.143 e. The van der Waals surface area contributed by atoms with Crippen molar-refractivity contribution >= 4 is 22.7 Å². The van der Waals surface area contributed by atoms with Gasteiger partial charge >= 0.3 is 0 Å². The molecule has 4 aromatic carbocycles. The van der Waals surface area contributed by atoms with Gasteiger partial charge in [0.15, 0.2) is 0 Å². The van der Waals surface area contributed by atoms with Gasteiger partial charge in [0.25, 0.3) is 0 Å². The lowest BCUT2D eigenvalue weighted by Gasteiger charge is -2.30. The molecule has 2 heteroatoms. The molecule has 0 nitrogen and oxygen atoms in total. The second-order valence-corrected chi connectivity index (χ2v) is 11.3. The van der Waals surface area contributed by atoms with Crippen LogP contribution in [0.15, 0.2) is 121 Å². The highest BCUT2D eigenvalue weighted by molar-refractivity contribution is 7.23. The first-order valence-corrected chi connectivity index (χ1v) is 13.6. The lowest BCUT2D eigenvalue weighted by atomic mass is 9.70. The van der Waals surface area contributed by atoms with Crippen LogP contribution in [0.25, 0.3) is 42.4 Å². The molecule has 2 aliphatic rings. The van der Waals surface area contributed by atoms with E-state index >= 15 is 0 Å². The quantitative estimate of drug-likeness (QED) is 0.231. The van der Waals surface area contributed by atoms with Gasteiger partial charge in [0.1, 0.15) is 0 Å². The van der Waals surface area contributed by atoms with Gasteiger partial charge in [-0.15, -0.1) is 22.7 Å². The van der Waals surface area contributed by atoms with Crippen LogP contribution in [0.3, 0.4) is 0 Å². The van der Waals surface area contributed by atoms with E-state index in [9.17, 15) is 0 Å². The fourth-order valence-corrected chi connectivity index (χ4v) is 8.13. The molecule has 164 valence electrons. The molecule has 1 spiro atoms. The molecule has 0 saturated heterocycles. The van der Waals surface area contributed by atoms with E-state index < -0.39 is 0 Å². The molecule has 2 aliphatic carbocycles. The Morgan fingerprint density at radius 3 is 1.60 bits per heavy atom. The molecule has 2 heterocycles. The van der Waals surface area contributed by atoms with Crippen molar-refractivity contribution in [1.29, 1.82) is 0 Å². The van der Waals surface area contributed by atoms with Crippen molar-refractivity contribution in [3.63, 3.8) is 0 Å². The Bertz CT molecular complexity index is 1690. The van der Waals surface area contributed by atoms with E-state index in [2.05, 4.69) is 121 Å². The van der Waals surface area contributed by atoms with E-state index in [1.54, 1.807) is 11.3 Å². The van der Waals surface area contributed by atoms with Gasteiger partial charge in [0.05, 0.1) is 5.41 Å². The summed E-state index contributed by atoms with van der Waals surface area (Å²) in [5, 5.41) is 2.15. The Hall–Kier alpha value is -3.72. The zero-order valence-corrected chi connectivity index (χ0v) is 20.5. The van der Waals surface area contributed by atoms with Crippen molar-refractivity contribution < 1.29 is 0 Å². The fraction of sp³-hybridized carbons (Fsp3) is 0.0303. The van der Waals surface area contributed by atoms with Crippen LogP contribution in [0, 0.1) is 0 Å². The van der Waals surface area contributed by atoms with E-state index in [4.69, 9.17) is 0 Å². The van der Waals surface area contributed by atoms with Gasteiger partial charge in [-0.05, 0) is 79.7 Å². The van der Waals surface area contributed by atoms with Gasteiger partial charge in [-0.2, -0.15) is 0 Å². The normalized spacial score (nSPS) is 13.9. The van der Waals surface area contributed by atoms with Crippen LogP contribution in [0.4, 0.5) is 0 Å². The summed E-state index contributed by atoms with van der Waals surface area (Å²) in [4.78, 5) is 4.00. The minimum atomic E-state index is -0.275. The van der Waals surface area contributed by atoms with Crippen molar-refractivity contribution in [1.82, 2.24) is 0 Å². The molecule has 6 aromatic rings. The van der Waals surface area contributed by atoms with Crippen molar-refractivity contribution in [2.45, 2.75) is 5.41 Å². The maximum Gasteiger partial charge on any atom is 0.0725 e. The molecule has 0 amide bonds. The molecular formula is C33H20S2. The van der Waals surface area contributed by atoms with Crippen LogP contribution in [-0.2, 0) is 5.41 Å². The number of hydrogen-bond donors (Lipinski definition) is 0. The summed E-state index contributed by atoms with van der Waals surface area (Å²) in [6, 6.07) is 43.0. The molecule has 2 aromatic heterocycles. The zero-order valence-electron chi connectivity index (χ0n) is 18.9. The van der Waals surface area contributed by atoms with Crippen molar-refractivity contribution in [2.75, 3.05) is 0 Å². The standard InChI is InChI=1S/C33H20S2/c1-4-11-26-22(8-1)23-9-2-5-12-27(23)33(26)28-13-6-3-10-24(28)25-16-15-21(20-29(25)33)30-17-18-32(35-30)31-14-7-19-34-31/h1-20H. The second kappa shape index (κ2) is 7.14. The molecule has 0 atom stereocenters. The topological polar surface area (TPSA) is 0 Å². The molecular weight excluding hydrogens is 460 g/mol. The molecule has 35 heavy (non-hydrogen) atoms. The summed E-state index contributed by atoms with van der Waals surface area (Å²) in [7, 11) is 0. The Labute approximate surface area is 212 Å². The first-order valence-electron chi connectivity index (χ1n) is 11.9. The van der Waals surface area contributed by atoms with E-state index in [0.29, 0.717) is 0 Å². The van der Waals surface area contributed by atoms with Gasteiger partial charge in [-0.25, -0.2) is 0 Å². The van der Waals surface area contributed by atoms with Crippen LogP contribution >= 0.6 is 22.7 Å². The average Bonchev–Trinajstić information content (AvgIpc) is 3.71. The lowest BCUT2D eigenvalue weighted by molar-refractivity contribution is 0.794. The first kappa shape index (κ1) is 19.6. The van der Waals surface area contributed by atoms with Gasteiger partial charge in [-0.3, -0.25) is 0 Å². The SMILES string of the molecule is c1csc(-c2ccc(-c3ccc4c(c3)C3(c5ccccc5-c5ccccc53)c3ccccc3-4)s2)c1. The van der Waals surface area contributed by atoms with E-state index in [0.717, 1.165) is 0 Å². The predicted molar refractivity (Wildman–Crippen MR) is 149 cm³/mol. The number of thiophene rings is 2.